The minimum atomic E-state index is -4.47. The predicted molar refractivity (Wildman–Crippen MR) is 111 cm³/mol. The van der Waals surface area contributed by atoms with Crippen LogP contribution in [0.4, 0.5) is 5.69 Å². The highest BCUT2D eigenvalue weighted by atomic mass is 32.2. The molecule has 3 unspecified atom stereocenters. The van der Waals surface area contributed by atoms with Gasteiger partial charge in [0.2, 0.25) is 1.43 Å². The number of anilines is 1. The smallest absolute Gasteiger partial charge is 0.269 e. The molecule has 3 heterocycles. The number of nitrogens with one attached hydrogen (secondary N) is 1. The maximum Gasteiger partial charge on any atom is 0.269 e. The summed E-state index contributed by atoms with van der Waals surface area (Å²) >= 11 is 0. The number of benzene rings is 1. The van der Waals surface area contributed by atoms with Crippen LogP contribution in [-0.2, 0) is 16.5 Å². The van der Waals surface area contributed by atoms with Crippen LogP contribution in [0.25, 0.3) is 11.0 Å². The fourth-order valence-electron chi connectivity index (χ4n) is 3.27. The van der Waals surface area contributed by atoms with Crippen molar-refractivity contribution in [1.82, 2.24) is 14.0 Å². The first-order valence-corrected chi connectivity index (χ1v) is 10.4. The molecule has 1 aliphatic heterocycles. The molecular formula is C21H24N4O3S. The zero-order valence-electron chi connectivity index (χ0n) is 26.1. The Bertz CT molecular complexity index is 1620. The van der Waals surface area contributed by atoms with Crippen LogP contribution in [0, 0.1) is 5.89 Å². The summed E-state index contributed by atoms with van der Waals surface area (Å²) in [7, 11) is -4.47. The van der Waals surface area contributed by atoms with Gasteiger partial charge in [0.25, 0.3) is 10.0 Å². The van der Waals surface area contributed by atoms with E-state index in [1.807, 2.05) is 0 Å². The summed E-state index contributed by atoms with van der Waals surface area (Å²) in [6.45, 7) is -1.88. The van der Waals surface area contributed by atoms with Gasteiger partial charge in [-0.3, -0.25) is 0 Å². The minimum Gasteiger partial charge on any atom is -0.376 e. The number of aromatic nitrogens is 2. The number of fused-ring (bicyclic) bond motifs is 3. The van der Waals surface area contributed by atoms with Crippen LogP contribution in [0.5, 0.6) is 0 Å². The molecule has 2 aromatic heterocycles. The molecule has 1 saturated carbocycles. The van der Waals surface area contributed by atoms with Crippen molar-refractivity contribution in [3.05, 3.63) is 54.3 Å². The number of rotatable bonds is 5. The Morgan fingerprint density at radius 3 is 3.10 bits per heavy atom. The van der Waals surface area contributed by atoms with E-state index in [0.717, 1.165) is 0 Å². The first-order valence-electron chi connectivity index (χ1n) is 14.4. The van der Waals surface area contributed by atoms with Crippen molar-refractivity contribution in [3.8, 4) is 0 Å². The lowest BCUT2D eigenvalue weighted by atomic mass is 9.88. The second-order valence-electron chi connectivity index (χ2n) is 6.58. The van der Waals surface area contributed by atoms with Crippen LogP contribution in [-0.4, -0.2) is 35.1 Å². The Labute approximate surface area is 185 Å². The molecule has 0 spiro atoms. The molecule has 0 bridgehead atoms. The van der Waals surface area contributed by atoms with Gasteiger partial charge in [-0.25, -0.2) is 17.4 Å². The molecule has 0 amide bonds. The van der Waals surface area contributed by atoms with Crippen LogP contribution < -0.4 is 5.43 Å². The molecule has 1 fully saturated rings. The second kappa shape index (κ2) is 7.12. The van der Waals surface area contributed by atoms with Crippen molar-refractivity contribution in [2.45, 2.75) is 49.6 Å². The van der Waals surface area contributed by atoms with Crippen molar-refractivity contribution in [2.75, 3.05) is 5.43 Å². The molecule has 2 aliphatic rings. The average molecular weight is 424 g/mol. The standard InChI is InChI=1S/C21H24N4O3S/c26-21(15-7-3-1-4-8-15)24-14-18-17-11-12-25(20(17)22-13-19(18)23-24)29(27,28)16-9-5-2-6-10-16/h2,5-6,9-13,15,21,23,26H,1,3-4,7-8,14H2/i3D2,7D2,11D,12D,13D,14D,15D,21D,26D. The fourth-order valence-corrected chi connectivity index (χ4v) is 4.51. The summed E-state index contributed by atoms with van der Waals surface area (Å²) < 4.78 is 120. The zero-order valence-corrected chi connectivity index (χ0v) is 15.9. The average Bonchev–Trinajstić information content (AvgIpc) is 3.37. The molecule has 7 nitrogen and oxygen atoms in total. The van der Waals surface area contributed by atoms with Gasteiger partial charge in [0.15, 0.2) is 5.65 Å². The van der Waals surface area contributed by atoms with Gasteiger partial charge >= 0.3 is 0 Å². The van der Waals surface area contributed by atoms with Gasteiger partial charge in [-0.05, 0) is 31.0 Å². The van der Waals surface area contributed by atoms with Crippen molar-refractivity contribution >= 4 is 26.7 Å². The van der Waals surface area contributed by atoms with Crippen molar-refractivity contribution < 1.29 is 27.2 Å². The monoisotopic (exact) mass is 423 g/mol. The molecule has 0 radical (unpaired) electrons. The highest BCUT2D eigenvalue weighted by Crippen LogP contribution is 2.36. The van der Waals surface area contributed by atoms with E-state index in [2.05, 4.69) is 15.5 Å². The van der Waals surface area contributed by atoms with E-state index in [0.29, 0.717) is 8.98 Å². The van der Waals surface area contributed by atoms with Crippen LogP contribution in [0.2, 0.25) is 0 Å². The van der Waals surface area contributed by atoms with Gasteiger partial charge in [0.05, 0.1) is 23.6 Å². The van der Waals surface area contributed by atoms with E-state index in [4.69, 9.17) is 15.1 Å². The molecule has 3 atom stereocenters. The van der Waals surface area contributed by atoms with Crippen molar-refractivity contribution in [2.24, 2.45) is 5.89 Å². The molecule has 29 heavy (non-hydrogen) atoms. The molecule has 1 aliphatic carbocycles. The zero-order chi connectivity index (χ0) is 29.6. The topological polar surface area (TPSA) is 87.5 Å². The number of aliphatic hydroxyl groups is 1. The number of nitrogens with zero attached hydrogens (tertiary/aromatic N) is 3. The summed E-state index contributed by atoms with van der Waals surface area (Å²) in [4.78, 5) is 3.77. The van der Waals surface area contributed by atoms with E-state index < -0.39 is 71.8 Å². The number of pyridine rings is 1. The van der Waals surface area contributed by atoms with Crippen LogP contribution in [0.3, 0.4) is 0 Å². The number of hydrogen-bond acceptors (Lipinski definition) is 6. The predicted octanol–water partition coefficient (Wildman–Crippen LogP) is 3.31. The lowest BCUT2D eigenvalue weighted by Crippen LogP contribution is -2.41. The molecule has 0 saturated heterocycles. The Balaban J connectivity index is 1.71. The van der Waals surface area contributed by atoms with E-state index in [9.17, 15) is 8.42 Å². The SMILES string of the molecule is [2H]OC([2H])(N1Nc2c([2H])nc3c(c([2H])c([2H])n3S(=O)(=O)c3ccccc3)c2C1[2H])C1([2H])CCCC([2H])([2H])C1([2H])[2H]. The third kappa shape index (κ3) is 3.11. The van der Waals surface area contributed by atoms with Gasteiger partial charge < -0.3 is 10.5 Å². The van der Waals surface area contributed by atoms with Crippen molar-refractivity contribution in [1.29, 1.82) is 1.43 Å². The highest BCUT2D eigenvalue weighted by molar-refractivity contribution is 7.90. The number of hydrogen-bond donors (Lipinski definition) is 2. The Kier molecular flexibility index (Phi) is 2.47. The Morgan fingerprint density at radius 2 is 2.28 bits per heavy atom. The van der Waals surface area contributed by atoms with Crippen molar-refractivity contribution in [3.63, 3.8) is 0 Å². The van der Waals surface area contributed by atoms with Gasteiger partial charge in [-0.1, -0.05) is 37.4 Å². The third-order valence-electron chi connectivity index (χ3n) is 4.73. The van der Waals surface area contributed by atoms with Gasteiger partial charge in [-0.2, -0.15) is 5.01 Å². The first kappa shape index (κ1) is 10.1. The van der Waals surface area contributed by atoms with Gasteiger partial charge in [0, 0.05) is 36.4 Å². The molecule has 2 N–H and O–H groups in total. The van der Waals surface area contributed by atoms with E-state index >= 15 is 0 Å². The molecule has 152 valence electrons. The molecule has 1 aromatic carbocycles. The lowest BCUT2D eigenvalue weighted by Gasteiger charge is -2.32. The summed E-state index contributed by atoms with van der Waals surface area (Å²) in [5, 5.41) is 4.87. The van der Waals surface area contributed by atoms with E-state index in [1.54, 1.807) is 6.07 Å². The summed E-state index contributed by atoms with van der Waals surface area (Å²) in [5.41, 5.74) is 1.47. The maximum atomic E-state index is 13.4. The quantitative estimate of drug-likeness (QED) is 0.655. The fraction of sp³-hybridized carbons (Fsp3) is 0.381. The third-order valence-corrected chi connectivity index (χ3v) is 6.34. The summed E-state index contributed by atoms with van der Waals surface area (Å²) in [6, 6.07) is 6.42. The molecule has 8 heteroatoms. The van der Waals surface area contributed by atoms with Crippen LogP contribution in [0.15, 0.2) is 53.6 Å². The van der Waals surface area contributed by atoms with Crippen LogP contribution in [0.1, 0.15) is 51.3 Å². The largest absolute Gasteiger partial charge is 0.376 e. The minimum absolute atomic E-state index is 0.0157. The summed E-state index contributed by atoms with van der Waals surface area (Å²) in [6.07, 6.45) is -10.8. The Morgan fingerprint density at radius 1 is 1.41 bits per heavy atom. The Hall–Kier alpha value is -2.42. The highest BCUT2D eigenvalue weighted by Gasteiger charge is 2.33. The lowest BCUT2D eigenvalue weighted by molar-refractivity contribution is -0.0369. The summed E-state index contributed by atoms with van der Waals surface area (Å²) in [5.74, 6) is -2.76. The van der Waals surface area contributed by atoms with E-state index in [1.165, 1.54) is 24.3 Å². The van der Waals surface area contributed by atoms with E-state index in [-0.39, 0.29) is 34.4 Å². The first-order chi connectivity index (χ1) is 18.5. The van der Waals surface area contributed by atoms with Gasteiger partial charge in [-0.15, -0.1) is 0 Å². The molecule has 5 rings (SSSR count). The maximum absolute atomic E-state index is 13.4. The number of hydrazine groups is 1. The normalized spacial score (nSPS) is 36.1. The van der Waals surface area contributed by atoms with Crippen LogP contribution >= 0.6 is 0 Å². The van der Waals surface area contributed by atoms with Gasteiger partial charge in [0.1, 0.15) is 6.20 Å². The second-order valence-corrected chi connectivity index (χ2v) is 8.37. The molecule has 3 aromatic rings. The molecular weight excluding hydrogens is 388 g/mol.